The van der Waals surface area contributed by atoms with Gasteiger partial charge in [0, 0.05) is 24.5 Å². The number of aromatic carboxylic acids is 1. The molecule has 3 heterocycles. The van der Waals surface area contributed by atoms with Crippen LogP contribution in [0.3, 0.4) is 0 Å². The van der Waals surface area contributed by atoms with Crippen molar-refractivity contribution < 1.29 is 19.0 Å². The van der Waals surface area contributed by atoms with E-state index in [1.165, 1.54) is 29.5 Å². The Kier molecular flexibility index (Phi) is 4.27. The first kappa shape index (κ1) is 18.4. The Labute approximate surface area is 167 Å². The van der Waals surface area contributed by atoms with Gasteiger partial charge >= 0.3 is 5.97 Å². The molecule has 1 aromatic carbocycles. The molecule has 154 valence electrons. The highest BCUT2D eigenvalue weighted by molar-refractivity contribution is 5.97. The van der Waals surface area contributed by atoms with E-state index >= 15 is 4.39 Å². The second kappa shape index (κ2) is 6.73. The predicted molar refractivity (Wildman–Crippen MR) is 107 cm³/mol. The molecule has 1 saturated carbocycles. The molecule has 2 N–H and O–H groups in total. The van der Waals surface area contributed by atoms with Crippen molar-refractivity contribution in [2.75, 3.05) is 31.1 Å². The van der Waals surface area contributed by atoms with Gasteiger partial charge in [0.15, 0.2) is 11.6 Å². The van der Waals surface area contributed by atoms with Gasteiger partial charge < -0.3 is 20.1 Å². The average molecular weight is 401 g/mol. The molecule has 2 aliphatic heterocycles. The standard InChI is InChI=1S/C21H24FN3O4/c1-11-10-29-19-17-13(6-15(21(27)28)20(26)25(11)17)7-16(22)18(19)24-5-4-12(9-24)8-23-14-2-3-14/h6-7,11-12,14,23H,2-5,8-10H2,1H3,(H,27,28)/t11-,12?/m0/s1. The molecule has 3 aliphatic rings. The van der Waals surface area contributed by atoms with E-state index in [9.17, 15) is 14.7 Å². The van der Waals surface area contributed by atoms with Crippen LogP contribution in [-0.4, -0.2) is 47.9 Å². The van der Waals surface area contributed by atoms with Gasteiger partial charge in [-0.25, -0.2) is 9.18 Å². The van der Waals surface area contributed by atoms with Crippen LogP contribution in [0.15, 0.2) is 16.9 Å². The summed E-state index contributed by atoms with van der Waals surface area (Å²) in [4.78, 5) is 26.3. The summed E-state index contributed by atoms with van der Waals surface area (Å²) in [5, 5.41) is 13.3. The largest absolute Gasteiger partial charge is 0.487 e. The number of aromatic nitrogens is 1. The highest BCUT2D eigenvalue weighted by atomic mass is 19.1. The predicted octanol–water partition coefficient (Wildman–Crippen LogP) is 2.37. The van der Waals surface area contributed by atoms with Gasteiger partial charge in [-0.15, -0.1) is 0 Å². The van der Waals surface area contributed by atoms with Crippen molar-refractivity contribution in [2.45, 2.75) is 38.3 Å². The van der Waals surface area contributed by atoms with Gasteiger partial charge in [-0.2, -0.15) is 0 Å². The quantitative estimate of drug-likeness (QED) is 0.800. The second-order valence-corrected chi connectivity index (χ2v) is 8.46. The Balaban J connectivity index is 1.59. The van der Waals surface area contributed by atoms with Gasteiger partial charge in [0.05, 0.1) is 11.6 Å². The van der Waals surface area contributed by atoms with Crippen LogP contribution < -0.4 is 20.5 Å². The summed E-state index contributed by atoms with van der Waals surface area (Å²) in [6, 6.07) is 2.89. The minimum atomic E-state index is -1.31. The zero-order valence-corrected chi connectivity index (χ0v) is 16.3. The number of carbonyl (C=O) groups is 1. The summed E-state index contributed by atoms with van der Waals surface area (Å²) in [6.07, 6.45) is 3.45. The van der Waals surface area contributed by atoms with Crippen molar-refractivity contribution in [3.8, 4) is 5.75 Å². The summed E-state index contributed by atoms with van der Waals surface area (Å²) in [5.74, 6) is -0.963. The molecular weight excluding hydrogens is 377 g/mol. The van der Waals surface area contributed by atoms with Crippen LogP contribution in [-0.2, 0) is 0 Å². The van der Waals surface area contributed by atoms with Crippen LogP contribution in [0.2, 0.25) is 0 Å². The van der Waals surface area contributed by atoms with E-state index in [4.69, 9.17) is 4.74 Å². The molecule has 1 aliphatic carbocycles. The maximum absolute atomic E-state index is 15.2. The van der Waals surface area contributed by atoms with Crippen molar-refractivity contribution in [3.63, 3.8) is 0 Å². The number of rotatable bonds is 5. The van der Waals surface area contributed by atoms with E-state index in [2.05, 4.69) is 5.32 Å². The van der Waals surface area contributed by atoms with Crippen molar-refractivity contribution in [2.24, 2.45) is 5.92 Å². The Morgan fingerprint density at radius 2 is 2.14 bits per heavy atom. The van der Waals surface area contributed by atoms with Crippen LogP contribution >= 0.6 is 0 Å². The molecule has 0 radical (unpaired) electrons. The van der Waals surface area contributed by atoms with Crippen LogP contribution in [0.4, 0.5) is 10.1 Å². The Bertz CT molecular complexity index is 1060. The SMILES string of the molecule is C[C@H]1COc2c(N3CCC(CNC4CC4)C3)c(F)cc3cc(C(=O)O)c(=O)n1c23. The van der Waals surface area contributed by atoms with Gasteiger partial charge in [-0.05, 0) is 50.8 Å². The molecule has 8 heteroatoms. The number of carboxylic acid groups (broad SMARTS) is 1. The van der Waals surface area contributed by atoms with Crippen LogP contribution in [0.25, 0.3) is 10.9 Å². The number of anilines is 1. The summed E-state index contributed by atoms with van der Waals surface area (Å²) in [5.41, 5.74) is -0.0615. The molecule has 7 nitrogen and oxygen atoms in total. The highest BCUT2D eigenvalue weighted by Crippen LogP contribution is 2.43. The van der Waals surface area contributed by atoms with Gasteiger partial charge in [0.1, 0.15) is 17.9 Å². The Hall–Kier alpha value is -2.61. The molecule has 5 rings (SSSR count). The van der Waals surface area contributed by atoms with Crippen molar-refractivity contribution in [1.82, 2.24) is 9.88 Å². The second-order valence-electron chi connectivity index (χ2n) is 8.46. The van der Waals surface area contributed by atoms with E-state index in [1.54, 1.807) is 6.92 Å². The lowest BCUT2D eigenvalue weighted by atomic mass is 10.1. The third kappa shape index (κ3) is 3.06. The molecule has 1 aromatic heterocycles. The Morgan fingerprint density at radius 3 is 2.86 bits per heavy atom. The van der Waals surface area contributed by atoms with Gasteiger partial charge in [-0.3, -0.25) is 9.36 Å². The fourth-order valence-corrected chi connectivity index (χ4v) is 4.54. The summed E-state index contributed by atoms with van der Waals surface area (Å²) >= 11 is 0. The third-order valence-corrected chi connectivity index (χ3v) is 6.22. The number of nitrogens with one attached hydrogen (secondary N) is 1. The number of carboxylic acids is 1. The number of ether oxygens (including phenoxy) is 1. The number of hydrogen-bond donors (Lipinski definition) is 2. The number of halogens is 1. The van der Waals surface area contributed by atoms with Crippen molar-refractivity contribution >= 4 is 22.6 Å². The first-order valence-corrected chi connectivity index (χ1v) is 10.2. The molecular formula is C21H24FN3O4. The summed E-state index contributed by atoms with van der Waals surface area (Å²) < 4.78 is 22.6. The fraction of sp³-hybridized carbons (Fsp3) is 0.524. The molecule has 2 fully saturated rings. The van der Waals surface area contributed by atoms with E-state index < -0.39 is 17.3 Å². The summed E-state index contributed by atoms with van der Waals surface area (Å²) in [6.45, 7) is 4.38. The minimum absolute atomic E-state index is 0.196. The number of benzene rings is 1. The van der Waals surface area contributed by atoms with Crippen LogP contribution in [0, 0.1) is 11.7 Å². The highest BCUT2D eigenvalue weighted by Gasteiger charge is 2.33. The lowest BCUT2D eigenvalue weighted by Gasteiger charge is -2.31. The van der Waals surface area contributed by atoms with Crippen LogP contribution in [0.1, 0.15) is 42.6 Å². The number of pyridine rings is 1. The topological polar surface area (TPSA) is 83.8 Å². The Morgan fingerprint density at radius 1 is 1.34 bits per heavy atom. The van der Waals surface area contributed by atoms with Crippen molar-refractivity contribution in [3.05, 3.63) is 33.9 Å². The molecule has 0 spiro atoms. The van der Waals surface area contributed by atoms with E-state index in [0.29, 0.717) is 34.3 Å². The molecule has 2 aromatic rings. The zero-order chi connectivity index (χ0) is 20.3. The monoisotopic (exact) mass is 401 g/mol. The van der Waals surface area contributed by atoms with Crippen LogP contribution in [0.5, 0.6) is 5.75 Å². The molecule has 2 atom stereocenters. The fourth-order valence-electron chi connectivity index (χ4n) is 4.54. The van der Waals surface area contributed by atoms with E-state index in [1.807, 2.05) is 4.90 Å². The normalized spacial score (nSPS) is 23.4. The smallest absolute Gasteiger partial charge is 0.341 e. The summed E-state index contributed by atoms with van der Waals surface area (Å²) in [7, 11) is 0. The van der Waals surface area contributed by atoms with Gasteiger partial charge in [-0.1, -0.05) is 0 Å². The lowest BCUT2D eigenvalue weighted by Crippen LogP contribution is -2.35. The third-order valence-electron chi connectivity index (χ3n) is 6.22. The molecule has 0 bridgehead atoms. The number of hydrogen-bond acceptors (Lipinski definition) is 5. The maximum atomic E-state index is 15.2. The first-order valence-electron chi connectivity index (χ1n) is 10.2. The number of nitrogens with zero attached hydrogens (tertiary/aromatic N) is 2. The van der Waals surface area contributed by atoms with Gasteiger partial charge in [0.25, 0.3) is 5.56 Å². The first-order chi connectivity index (χ1) is 13.9. The molecule has 1 saturated heterocycles. The zero-order valence-electron chi connectivity index (χ0n) is 16.3. The van der Waals surface area contributed by atoms with Gasteiger partial charge in [0.2, 0.25) is 0 Å². The minimum Gasteiger partial charge on any atom is -0.487 e. The van der Waals surface area contributed by atoms with E-state index in [0.717, 1.165) is 26.1 Å². The lowest BCUT2D eigenvalue weighted by molar-refractivity contribution is 0.0694. The van der Waals surface area contributed by atoms with E-state index in [-0.39, 0.29) is 18.2 Å². The average Bonchev–Trinajstić information content (AvgIpc) is 3.40. The van der Waals surface area contributed by atoms with Crippen molar-refractivity contribution in [1.29, 1.82) is 0 Å². The molecule has 0 amide bonds. The molecule has 1 unspecified atom stereocenters. The maximum Gasteiger partial charge on any atom is 0.341 e. The molecule has 29 heavy (non-hydrogen) atoms.